The Morgan fingerprint density at radius 3 is 2.80 bits per heavy atom. The summed E-state index contributed by atoms with van der Waals surface area (Å²) >= 11 is 5.86. The molecular formula is C13H15ClF2N4. The summed E-state index contributed by atoms with van der Waals surface area (Å²) in [4.78, 5) is 4.39. The van der Waals surface area contributed by atoms with Crippen LogP contribution < -0.4 is 5.73 Å². The van der Waals surface area contributed by atoms with Gasteiger partial charge < -0.3 is 5.73 Å². The number of hydrogen-bond donors (Lipinski definition) is 1. The van der Waals surface area contributed by atoms with Gasteiger partial charge in [-0.3, -0.25) is 0 Å². The maximum atomic E-state index is 13.2. The summed E-state index contributed by atoms with van der Waals surface area (Å²) in [6.45, 7) is 0. The molecule has 2 aromatic rings. The molecule has 0 radical (unpaired) electrons. The van der Waals surface area contributed by atoms with Crippen molar-refractivity contribution in [1.29, 1.82) is 0 Å². The summed E-state index contributed by atoms with van der Waals surface area (Å²) < 4.78 is 27.9. The minimum atomic E-state index is -2.54. The predicted molar refractivity (Wildman–Crippen MR) is 71.8 cm³/mol. The summed E-state index contributed by atoms with van der Waals surface area (Å²) in [7, 11) is 0. The van der Waals surface area contributed by atoms with Crippen LogP contribution in [0.4, 0.5) is 8.78 Å². The molecule has 3 rings (SSSR count). The Hall–Kier alpha value is -1.27. The van der Waals surface area contributed by atoms with Gasteiger partial charge in [-0.2, -0.15) is 5.10 Å². The molecule has 0 unspecified atom stereocenters. The van der Waals surface area contributed by atoms with E-state index in [2.05, 4.69) is 10.1 Å². The molecule has 2 heterocycles. The third-order valence-corrected chi connectivity index (χ3v) is 4.12. The Bertz CT molecular complexity index is 618. The molecular weight excluding hydrogens is 286 g/mol. The van der Waals surface area contributed by atoms with Crippen molar-refractivity contribution in [3.8, 4) is 0 Å². The van der Waals surface area contributed by atoms with Crippen LogP contribution in [0, 0.1) is 5.92 Å². The van der Waals surface area contributed by atoms with Crippen molar-refractivity contribution in [3.63, 3.8) is 0 Å². The number of imidazole rings is 1. The Kier molecular flexibility index (Phi) is 3.38. The molecule has 0 amide bonds. The fourth-order valence-corrected chi connectivity index (χ4v) is 2.84. The van der Waals surface area contributed by atoms with Gasteiger partial charge in [0.05, 0.1) is 29.2 Å². The summed E-state index contributed by atoms with van der Waals surface area (Å²) in [6.07, 6.45) is 3.92. The number of alkyl halides is 2. The highest BCUT2D eigenvalue weighted by Gasteiger charge is 2.37. The molecule has 1 atom stereocenters. The second-order valence-electron chi connectivity index (χ2n) is 5.36. The summed E-state index contributed by atoms with van der Waals surface area (Å²) in [5.74, 6) is -2.50. The lowest BCUT2D eigenvalue weighted by molar-refractivity contribution is -0.0484. The Morgan fingerprint density at radius 2 is 2.10 bits per heavy atom. The van der Waals surface area contributed by atoms with Crippen LogP contribution in [0.3, 0.4) is 0 Å². The van der Waals surface area contributed by atoms with Crippen molar-refractivity contribution in [1.82, 2.24) is 14.6 Å². The van der Waals surface area contributed by atoms with E-state index in [0.29, 0.717) is 29.2 Å². The molecule has 0 bridgehead atoms. The monoisotopic (exact) mass is 300 g/mol. The largest absolute Gasteiger partial charge is 0.322 e. The summed E-state index contributed by atoms with van der Waals surface area (Å²) in [5, 5.41) is 4.60. The fraction of sp³-hybridized carbons (Fsp3) is 0.538. The first-order chi connectivity index (χ1) is 9.44. The van der Waals surface area contributed by atoms with Gasteiger partial charge in [0.25, 0.3) is 0 Å². The van der Waals surface area contributed by atoms with Crippen LogP contribution in [-0.2, 0) is 0 Å². The Morgan fingerprint density at radius 1 is 1.40 bits per heavy atom. The highest BCUT2D eigenvalue weighted by atomic mass is 35.5. The number of fused-ring (bicyclic) bond motifs is 1. The molecule has 20 heavy (non-hydrogen) atoms. The average Bonchev–Trinajstić information content (AvgIpc) is 2.80. The van der Waals surface area contributed by atoms with E-state index < -0.39 is 5.92 Å². The van der Waals surface area contributed by atoms with Crippen molar-refractivity contribution in [2.24, 2.45) is 11.7 Å². The van der Waals surface area contributed by atoms with Crippen molar-refractivity contribution in [3.05, 3.63) is 29.2 Å². The molecule has 0 spiro atoms. The van der Waals surface area contributed by atoms with Crippen LogP contribution in [-0.4, -0.2) is 20.5 Å². The van der Waals surface area contributed by atoms with E-state index >= 15 is 0 Å². The van der Waals surface area contributed by atoms with E-state index in [9.17, 15) is 8.78 Å². The summed E-state index contributed by atoms with van der Waals surface area (Å²) in [6, 6.07) is 1.35. The molecule has 2 aromatic heterocycles. The Balaban J connectivity index is 1.80. The predicted octanol–water partition coefficient (Wildman–Crippen LogP) is 3.21. The number of nitrogens with two attached hydrogens (primary N) is 1. The average molecular weight is 301 g/mol. The normalized spacial score (nSPS) is 21.2. The third kappa shape index (κ3) is 2.62. The molecule has 1 aliphatic rings. The first kappa shape index (κ1) is 13.7. The molecule has 1 fully saturated rings. The highest BCUT2D eigenvalue weighted by molar-refractivity contribution is 6.30. The van der Waals surface area contributed by atoms with E-state index in [1.165, 1.54) is 6.20 Å². The standard InChI is InChI=1S/C13H15ClF2N4/c14-9-5-11-19-10(7-20(11)18-6-9)12(17)8-1-3-13(15,16)4-2-8/h5-8,12H,1-4,17H2/t12-/m0/s1. The number of hydrogen-bond acceptors (Lipinski definition) is 3. The lowest BCUT2D eigenvalue weighted by Crippen LogP contribution is -2.31. The molecule has 7 heteroatoms. The van der Waals surface area contributed by atoms with Gasteiger partial charge in [0.15, 0.2) is 5.65 Å². The topological polar surface area (TPSA) is 56.2 Å². The summed E-state index contributed by atoms with van der Waals surface area (Å²) in [5.41, 5.74) is 7.47. The number of nitrogens with zero attached hydrogens (tertiary/aromatic N) is 3. The SMILES string of the molecule is N[C@H](c1cn2ncc(Cl)cc2n1)C1CCC(F)(F)CC1. The van der Waals surface area contributed by atoms with Crippen LogP contribution in [0.15, 0.2) is 18.5 Å². The number of aromatic nitrogens is 3. The van der Waals surface area contributed by atoms with E-state index in [-0.39, 0.29) is 24.8 Å². The highest BCUT2D eigenvalue weighted by Crippen LogP contribution is 2.40. The smallest absolute Gasteiger partial charge is 0.248 e. The molecule has 108 valence electrons. The minimum Gasteiger partial charge on any atom is -0.322 e. The van der Waals surface area contributed by atoms with Gasteiger partial charge in [0.2, 0.25) is 5.92 Å². The van der Waals surface area contributed by atoms with Crippen LogP contribution in [0.5, 0.6) is 0 Å². The zero-order valence-electron chi connectivity index (χ0n) is 10.8. The van der Waals surface area contributed by atoms with Gasteiger partial charge in [-0.15, -0.1) is 0 Å². The van der Waals surface area contributed by atoms with Crippen molar-refractivity contribution < 1.29 is 8.78 Å². The molecule has 2 N–H and O–H groups in total. The van der Waals surface area contributed by atoms with Crippen LogP contribution in [0.2, 0.25) is 5.02 Å². The number of halogens is 3. The Labute approximate surface area is 119 Å². The molecule has 0 aliphatic heterocycles. The fourth-order valence-electron chi connectivity index (χ4n) is 2.70. The zero-order valence-corrected chi connectivity index (χ0v) is 11.5. The maximum Gasteiger partial charge on any atom is 0.248 e. The van der Waals surface area contributed by atoms with Gasteiger partial charge in [0.1, 0.15) is 0 Å². The number of rotatable bonds is 2. The molecule has 1 aliphatic carbocycles. The van der Waals surface area contributed by atoms with Gasteiger partial charge in [-0.05, 0) is 18.8 Å². The van der Waals surface area contributed by atoms with Crippen LogP contribution >= 0.6 is 11.6 Å². The van der Waals surface area contributed by atoms with E-state index in [1.54, 1.807) is 16.8 Å². The minimum absolute atomic E-state index is 0.0370. The van der Waals surface area contributed by atoms with Crippen molar-refractivity contribution in [2.75, 3.05) is 0 Å². The second kappa shape index (κ2) is 4.93. The molecule has 1 saturated carbocycles. The third-order valence-electron chi connectivity index (χ3n) is 3.92. The van der Waals surface area contributed by atoms with Crippen molar-refractivity contribution >= 4 is 17.2 Å². The first-order valence-electron chi connectivity index (χ1n) is 6.59. The van der Waals surface area contributed by atoms with Gasteiger partial charge >= 0.3 is 0 Å². The molecule has 0 saturated heterocycles. The molecule has 4 nitrogen and oxygen atoms in total. The van der Waals surface area contributed by atoms with Gasteiger partial charge in [-0.1, -0.05) is 11.6 Å². The lowest BCUT2D eigenvalue weighted by atomic mass is 9.81. The zero-order chi connectivity index (χ0) is 14.3. The lowest BCUT2D eigenvalue weighted by Gasteiger charge is -2.31. The second-order valence-corrected chi connectivity index (χ2v) is 5.80. The van der Waals surface area contributed by atoms with Crippen LogP contribution in [0.25, 0.3) is 5.65 Å². The quantitative estimate of drug-likeness (QED) is 0.926. The molecule has 0 aromatic carbocycles. The first-order valence-corrected chi connectivity index (χ1v) is 6.97. The van der Waals surface area contributed by atoms with Gasteiger partial charge in [0, 0.05) is 18.9 Å². The van der Waals surface area contributed by atoms with E-state index in [1.807, 2.05) is 0 Å². The maximum absolute atomic E-state index is 13.2. The van der Waals surface area contributed by atoms with E-state index in [4.69, 9.17) is 17.3 Å². The van der Waals surface area contributed by atoms with Crippen molar-refractivity contribution in [2.45, 2.75) is 37.6 Å². The van der Waals surface area contributed by atoms with E-state index in [0.717, 1.165) is 0 Å². The van der Waals surface area contributed by atoms with Crippen LogP contribution in [0.1, 0.15) is 37.4 Å². The van der Waals surface area contributed by atoms with Gasteiger partial charge in [-0.25, -0.2) is 18.3 Å².